The monoisotopic (exact) mass is 389 g/mol. The van der Waals surface area contributed by atoms with Gasteiger partial charge in [0, 0.05) is 18.7 Å². The highest BCUT2D eigenvalue weighted by atomic mass is 19.1. The van der Waals surface area contributed by atoms with Crippen LogP contribution in [0.3, 0.4) is 0 Å². The molecule has 0 aliphatic rings. The molecule has 0 aliphatic heterocycles. The minimum absolute atomic E-state index is 0.0452. The van der Waals surface area contributed by atoms with Gasteiger partial charge in [0.1, 0.15) is 11.6 Å². The Balaban J connectivity index is 1.86. The van der Waals surface area contributed by atoms with Crippen molar-refractivity contribution >= 4 is 11.7 Å². The van der Waals surface area contributed by atoms with E-state index in [2.05, 4.69) is 22.9 Å². The standard InChI is InChI=1S/C22H29F2N3O/c1-2-3-4-5-9-14-25-21(17-10-7-6-8-11-17)16-26-22(28)27-20-13-12-18(23)15-19(20)24/h6-8,10-13,15,21,25H,2-5,9,14,16H2,1H3,(H2,26,27,28). The molecule has 1 unspecified atom stereocenters. The van der Waals surface area contributed by atoms with Crippen LogP contribution in [0.5, 0.6) is 0 Å². The van der Waals surface area contributed by atoms with Crippen LogP contribution in [0.4, 0.5) is 19.3 Å². The fraction of sp³-hybridized carbons (Fsp3) is 0.409. The van der Waals surface area contributed by atoms with Crippen LogP contribution in [-0.4, -0.2) is 19.1 Å². The molecule has 0 saturated carbocycles. The van der Waals surface area contributed by atoms with Gasteiger partial charge in [-0.2, -0.15) is 0 Å². The molecule has 0 aromatic heterocycles. The highest BCUT2D eigenvalue weighted by Gasteiger charge is 2.13. The van der Waals surface area contributed by atoms with Gasteiger partial charge < -0.3 is 16.0 Å². The molecule has 28 heavy (non-hydrogen) atoms. The van der Waals surface area contributed by atoms with Gasteiger partial charge in [-0.3, -0.25) is 0 Å². The van der Waals surface area contributed by atoms with Gasteiger partial charge in [-0.1, -0.05) is 62.9 Å². The average Bonchev–Trinajstić information content (AvgIpc) is 2.69. The number of carbonyl (C=O) groups excluding carboxylic acids is 1. The smallest absolute Gasteiger partial charge is 0.319 e. The molecule has 2 rings (SSSR count). The van der Waals surface area contributed by atoms with Crippen LogP contribution < -0.4 is 16.0 Å². The van der Waals surface area contributed by atoms with Gasteiger partial charge in [0.05, 0.1) is 5.69 Å². The molecule has 0 aliphatic carbocycles. The molecule has 3 N–H and O–H groups in total. The van der Waals surface area contributed by atoms with E-state index in [1.54, 1.807) is 0 Å². The largest absolute Gasteiger partial charge is 0.336 e. The lowest BCUT2D eigenvalue weighted by Gasteiger charge is -2.20. The van der Waals surface area contributed by atoms with Crippen molar-refractivity contribution in [3.63, 3.8) is 0 Å². The molecule has 0 radical (unpaired) electrons. The fourth-order valence-electron chi connectivity index (χ4n) is 2.95. The molecule has 4 nitrogen and oxygen atoms in total. The lowest BCUT2D eigenvalue weighted by atomic mass is 10.1. The third-order valence-electron chi connectivity index (χ3n) is 4.52. The highest BCUT2D eigenvalue weighted by molar-refractivity contribution is 5.89. The van der Waals surface area contributed by atoms with Crippen molar-refractivity contribution in [2.75, 3.05) is 18.4 Å². The summed E-state index contributed by atoms with van der Waals surface area (Å²) in [6, 6.07) is 12.3. The van der Waals surface area contributed by atoms with Crippen LogP contribution in [0.2, 0.25) is 0 Å². The molecule has 2 aromatic rings. The van der Waals surface area contributed by atoms with Gasteiger partial charge in [-0.05, 0) is 30.7 Å². The number of halogens is 2. The Morgan fingerprint density at radius 2 is 1.75 bits per heavy atom. The molecular formula is C22H29F2N3O. The molecule has 6 heteroatoms. The van der Waals surface area contributed by atoms with Gasteiger partial charge >= 0.3 is 6.03 Å². The maximum atomic E-state index is 13.7. The van der Waals surface area contributed by atoms with Crippen LogP contribution in [-0.2, 0) is 0 Å². The van der Waals surface area contributed by atoms with E-state index in [9.17, 15) is 13.6 Å². The van der Waals surface area contributed by atoms with Crippen molar-refractivity contribution in [3.05, 3.63) is 65.7 Å². The normalized spacial score (nSPS) is 11.8. The Kier molecular flexibility index (Phi) is 9.42. The van der Waals surface area contributed by atoms with Gasteiger partial charge in [-0.15, -0.1) is 0 Å². The molecule has 0 saturated heterocycles. The maximum Gasteiger partial charge on any atom is 0.319 e. The molecule has 0 fully saturated rings. The first-order chi connectivity index (χ1) is 13.6. The van der Waals surface area contributed by atoms with Crippen molar-refractivity contribution in [2.24, 2.45) is 0 Å². The third-order valence-corrected chi connectivity index (χ3v) is 4.52. The molecule has 2 amide bonds. The topological polar surface area (TPSA) is 53.2 Å². The maximum absolute atomic E-state index is 13.7. The zero-order valence-electron chi connectivity index (χ0n) is 16.3. The summed E-state index contributed by atoms with van der Waals surface area (Å²) in [5.41, 5.74) is 1.02. The molecule has 2 aromatic carbocycles. The highest BCUT2D eigenvalue weighted by Crippen LogP contribution is 2.15. The Bertz CT molecular complexity index is 725. The minimum atomic E-state index is -0.806. The second-order valence-corrected chi connectivity index (χ2v) is 6.79. The first kappa shape index (κ1) is 21.8. The molecular weight excluding hydrogens is 360 g/mol. The number of benzene rings is 2. The number of carbonyl (C=O) groups is 1. The first-order valence-electron chi connectivity index (χ1n) is 9.88. The van der Waals surface area contributed by atoms with E-state index in [0.29, 0.717) is 6.54 Å². The summed E-state index contributed by atoms with van der Waals surface area (Å²) >= 11 is 0. The van der Waals surface area contributed by atoms with E-state index < -0.39 is 17.7 Å². The van der Waals surface area contributed by atoms with Gasteiger partial charge in [0.2, 0.25) is 0 Å². The number of unbranched alkanes of at least 4 members (excludes halogenated alkanes) is 4. The zero-order chi connectivity index (χ0) is 20.2. The van der Waals surface area contributed by atoms with Crippen LogP contribution >= 0.6 is 0 Å². The summed E-state index contributed by atoms with van der Waals surface area (Å²) in [4.78, 5) is 12.1. The second-order valence-electron chi connectivity index (χ2n) is 6.79. The second kappa shape index (κ2) is 12.1. The van der Waals surface area contributed by atoms with Crippen molar-refractivity contribution < 1.29 is 13.6 Å². The van der Waals surface area contributed by atoms with E-state index in [1.807, 2.05) is 30.3 Å². The van der Waals surface area contributed by atoms with Crippen molar-refractivity contribution in [3.8, 4) is 0 Å². The Morgan fingerprint density at radius 3 is 2.46 bits per heavy atom. The molecule has 152 valence electrons. The lowest BCUT2D eigenvalue weighted by molar-refractivity contribution is 0.250. The van der Waals surface area contributed by atoms with Crippen LogP contribution in [0, 0.1) is 11.6 Å². The van der Waals surface area contributed by atoms with Crippen LogP contribution in [0.15, 0.2) is 48.5 Å². The number of anilines is 1. The molecule has 1 atom stereocenters. The van der Waals surface area contributed by atoms with E-state index in [1.165, 1.54) is 31.7 Å². The third kappa shape index (κ3) is 7.64. The Labute approximate surface area is 165 Å². The summed E-state index contributed by atoms with van der Waals surface area (Å²) in [6.45, 7) is 3.41. The van der Waals surface area contributed by atoms with E-state index >= 15 is 0 Å². The number of hydrogen-bond acceptors (Lipinski definition) is 2. The van der Waals surface area contributed by atoms with Crippen LogP contribution in [0.25, 0.3) is 0 Å². The van der Waals surface area contributed by atoms with Gasteiger partial charge in [-0.25, -0.2) is 13.6 Å². The summed E-state index contributed by atoms with van der Waals surface area (Å²) in [5.74, 6) is -1.49. The molecule has 0 spiro atoms. The zero-order valence-corrected chi connectivity index (χ0v) is 16.3. The van der Waals surface area contributed by atoms with Crippen molar-refractivity contribution in [1.82, 2.24) is 10.6 Å². The minimum Gasteiger partial charge on any atom is -0.336 e. The number of hydrogen-bond donors (Lipinski definition) is 3. The average molecular weight is 389 g/mol. The lowest BCUT2D eigenvalue weighted by Crippen LogP contribution is -2.37. The SMILES string of the molecule is CCCCCCCNC(CNC(=O)Nc1ccc(F)cc1F)c1ccccc1. The van der Waals surface area contributed by atoms with Gasteiger partial charge in [0.25, 0.3) is 0 Å². The number of amides is 2. The number of urea groups is 1. The Morgan fingerprint density at radius 1 is 1.00 bits per heavy atom. The van der Waals surface area contributed by atoms with Crippen molar-refractivity contribution in [1.29, 1.82) is 0 Å². The summed E-state index contributed by atoms with van der Waals surface area (Å²) in [7, 11) is 0. The molecule has 0 bridgehead atoms. The van der Waals surface area contributed by atoms with Crippen molar-refractivity contribution in [2.45, 2.75) is 45.1 Å². The summed E-state index contributed by atoms with van der Waals surface area (Å²) < 4.78 is 26.6. The fourth-order valence-corrected chi connectivity index (χ4v) is 2.95. The summed E-state index contributed by atoms with van der Waals surface area (Å²) in [6.07, 6.45) is 5.96. The molecule has 0 heterocycles. The van der Waals surface area contributed by atoms with E-state index in [-0.39, 0.29) is 11.7 Å². The number of nitrogens with one attached hydrogen (secondary N) is 3. The van der Waals surface area contributed by atoms with E-state index in [0.717, 1.165) is 30.7 Å². The summed E-state index contributed by atoms with van der Waals surface area (Å²) in [5, 5.41) is 8.66. The Hall–Kier alpha value is -2.47. The predicted octanol–water partition coefficient (Wildman–Crippen LogP) is 5.39. The van der Waals surface area contributed by atoms with Crippen LogP contribution in [0.1, 0.15) is 50.6 Å². The first-order valence-corrected chi connectivity index (χ1v) is 9.88. The number of rotatable bonds is 11. The van der Waals surface area contributed by atoms with Gasteiger partial charge in [0.15, 0.2) is 0 Å². The van der Waals surface area contributed by atoms with E-state index in [4.69, 9.17) is 0 Å². The quantitative estimate of drug-likeness (QED) is 0.452. The predicted molar refractivity (Wildman–Crippen MR) is 109 cm³/mol.